The summed E-state index contributed by atoms with van der Waals surface area (Å²) in [7, 11) is 0. The number of hydrogen-bond donors (Lipinski definition) is 3. The van der Waals surface area contributed by atoms with Crippen molar-refractivity contribution in [2.45, 2.75) is 51.6 Å². The number of aryl methyl sites for hydroxylation is 2. The predicted octanol–water partition coefficient (Wildman–Crippen LogP) is 4.80. The van der Waals surface area contributed by atoms with Gasteiger partial charge in [-0.15, -0.1) is 0 Å². The number of amides is 1. The van der Waals surface area contributed by atoms with Crippen molar-refractivity contribution >= 4 is 29.0 Å². The summed E-state index contributed by atoms with van der Waals surface area (Å²) in [6.07, 6.45) is 2.64. The number of ketones is 2. The molecule has 3 N–H and O–H groups in total. The lowest BCUT2D eigenvalue weighted by molar-refractivity contribution is -0.146. The van der Waals surface area contributed by atoms with Gasteiger partial charge < -0.3 is 15.5 Å². The highest BCUT2D eigenvalue weighted by molar-refractivity contribution is 6.32. The summed E-state index contributed by atoms with van der Waals surface area (Å²) < 4.78 is 0. The maximum Gasteiger partial charge on any atom is 0.334 e. The number of aliphatic hydroxyl groups excluding tert-OH is 1. The number of carboxylic acid groups (broad SMARTS) is 1. The first kappa shape index (κ1) is 28.6. The van der Waals surface area contributed by atoms with Gasteiger partial charge in [0.25, 0.3) is 5.91 Å². The van der Waals surface area contributed by atoms with Crippen LogP contribution in [0.1, 0.15) is 80.5 Å². The Labute approximate surface area is 233 Å². The molecule has 206 valence electrons. The van der Waals surface area contributed by atoms with Crippen LogP contribution in [0.5, 0.6) is 0 Å². The third-order valence-electron chi connectivity index (χ3n) is 7.12. The first-order valence-electron chi connectivity index (χ1n) is 13.3. The number of carboxylic acids is 1. The lowest BCUT2D eigenvalue weighted by Gasteiger charge is -2.18. The number of allylic oxidation sites excluding steroid dienone is 2. The van der Waals surface area contributed by atoms with E-state index in [2.05, 4.69) is 26.1 Å². The number of benzene rings is 3. The van der Waals surface area contributed by atoms with Crippen molar-refractivity contribution in [2.24, 2.45) is 0 Å². The van der Waals surface area contributed by atoms with E-state index in [9.17, 15) is 24.3 Å². The summed E-state index contributed by atoms with van der Waals surface area (Å²) in [5, 5.41) is 20.5. The van der Waals surface area contributed by atoms with E-state index in [0.717, 1.165) is 24.8 Å². The quantitative estimate of drug-likeness (QED) is 0.265. The molecule has 0 bridgehead atoms. The van der Waals surface area contributed by atoms with Crippen LogP contribution < -0.4 is 5.32 Å². The highest BCUT2D eigenvalue weighted by Gasteiger charge is 2.21. The average Bonchev–Trinajstić information content (AvgIpc) is 3.41. The molecular formula is C33H33NO6. The normalized spacial score (nSPS) is 13.8. The minimum Gasteiger partial charge on any atom is -0.479 e. The van der Waals surface area contributed by atoms with Crippen LogP contribution in [0.15, 0.2) is 72.8 Å². The first-order valence-corrected chi connectivity index (χ1v) is 13.3. The van der Waals surface area contributed by atoms with Gasteiger partial charge in [-0.2, -0.15) is 0 Å². The molecule has 0 spiro atoms. The smallest absolute Gasteiger partial charge is 0.334 e. The highest BCUT2D eigenvalue weighted by atomic mass is 16.4. The van der Waals surface area contributed by atoms with Crippen molar-refractivity contribution in [1.82, 2.24) is 5.32 Å². The van der Waals surface area contributed by atoms with E-state index in [1.165, 1.54) is 41.5 Å². The topological polar surface area (TPSA) is 121 Å². The van der Waals surface area contributed by atoms with Crippen molar-refractivity contribution in [3.05, 3.63) is 112 Å². The van der Waals surface area contributed by atoms with Crippen LogP contribution in [0.3, 0.4) is 0 Å². The summed E-state index contributed by atoms with van der Waals surface area (Å²) in [4.78, 5) is 50.2. The molecule has 4 rings (SSSR count). The predicted molar refractivity (Wildman–Crippen MR) is 153 cm³/mol. The molecule has 1 atom stereocenters. The molecule has 1 amide bonds. The van der Waals surface area contributed by atoms with Gasteiger partial charge in [0.1, 0.15) is 0 Å². The minimum atomic E-state index is -1.72. The molecule has 0 unspecified atom stereocenters. The Balaban J connectivity index is 1.63. The zero-order chi connectivity index (χ0) is 29.0. The van der Waals surface area contributed by atoms with Gasteiger partial charge in [0, 0.05) is 22.3 Å². The molecule has 1 aliphatic rings. The fourth-order valence-electron chi connectivity index (χ4n) is 4.68. The van der Waals surface area contributed by atoms with E-state index in [1.807, 2.05) is 30.3 Å². The summed E-state index contributed by atoms with van der Waals surface area (Å²) in [5.74, 6) is -2.66. The number of nitrogens with one attached hydrogen (secondary N) is 1. The summed E-state index contributed by atoms with van der Waals surface area (Å²) >= 11 is 0. The third kappa shape index (κ3) is 6.61. The molecule has 0 aromatic heterocycles. The Morgan fingerprint density at radius 2 is 1.40 bits per heavy atom. The molecule has 0 aliphatic heterocycles. The van der Waals surface area contributed by atoms with Crippen molar-refractivity contribution < 1.29 is 29.4 Å². The van der Waals surface area contributed by atoms with E-state index in [1.54, 1.807) is 12.1 Å². The molecule has 40 heavy (non-hydrogen) atoms. The average molecular weight is 540 g/mol. The second-order valence-electron chi connectivity index (χ2n) is 11.1. The molecule has 0 fully saturated rings. The summed E-state index contributed by atoms with van der Waals surface area (Å²) in [5.41, 5.74) is 5.38. The summed E-state index contributed by atoms with van der Waals surface area (Å²) in [6, 6.07) is 19.2. The lowest BCUT2D eigenvalue weighted by Crippen LogP contribution is -2.36. The maximum absolute atomic E-state index is 13.7. The molecule has 3 aromatic carbocycles. The van der Waals surface area contributed by atoms with Crippen LogP contribution in [0.4, 0.5) is 0 Å². The van der Waals surface area contributed by atoms with Crippen LogP contribution >= 0.6 is 0 Å². The van der Waals surface area contributed by atoms with Gasteiger partial charge in [-0.3, -0.25) is 14.4 Å². The fourth-order valence-corrected chi connectivity index (χ4v) is 4.68. The number of aliphatic hydroxyl groups is 1. The Morgan fingerprint density at radius 3 is 2.02 bits per heavy atom. The number of fused-ring (bicyclic) bond motifs is 1. The zero-order valence-corrected chi connectivity index (χ0v) is 22.9. The number of Topliss-reactive ketones (excluding diaryl/α,β-unsaturated/α-hetero) is 1. The molecule has 0 saturated carbocycles. The molecule has 7 heteroatoms. The van der Waals surface area contributed by atoms with Crippen LogP contribution in [0.25, 0.3) is 5.57 Å². The van der Waals surface area contributed by atoms with E-state index in [4.69, 9.17) is 5.11 Å². The zero-order valence-electron chi connectivity index (χ0n) is 22.9. The molecular weight excluding hydrogens is 506 g/mol. The van der Waals surface area contributed by atoms with Crippen LogP contribution in [0.2, 0.25) is 0 Å². The maximum atomic E-state index is 13.7. The first-order chi connectivity index (χ1) is 18.9. The second-order valence-corrected chi connectivity index (χ2v) is 11.1. The largest absolute Gasteiger partial charge is 0.479 e. The third-order valence-corrected chi connectivity index (χ3v) is 7.12. The van der Waals surface area contributed by atoms with Gasteiger partial charge in [-0.25, -0.2) is 4.79 Å². The van der Waals surface area contributed by atoms with Crippen LogP contribution in [-0.4, -0.2) is 46.3 Å². The second kappa shape index (κ2) is 11.8. The number of carbonyl (C=O) groups excluding carboxylic acids is 3. The standard InChI is InChI=1S/C33H33NO6/c1-33(2,3)26-15-13-21(14-16-26)28(35)18-27(25-12-7-20-5-4-6-24(20)17-25)30(37)22-8-10-23(11-9-22)31(38)34-19-29(36)32(39)40/h7-18,29,36H,4-6,19H2,1-3H3,(H,34,38)(H,39,40)/t29-/m1/s1. The summed E-state index contributed by atoms with van der Waals surface area (Å²) in [6.45, 7) is 5.85. The van der Waals surface area contributed by atoms with E-state index < -0.39 is 24.5 Å². The van der Waals surface area contributed by atoms with Gasteiger partial charge in [0.05, 0.1) is 6.54 Å². The number of hydrogen-bond acceptors (Lipinski definition) is 5. The van der Waals surface area contributed by atoms with Crippen LogP contribution in [0, 0.1) is 0 Å². The van der Waals surface area contributed by atoms with E-state index in [-0.39, 0.29) is 28.1 Å². The van der Waals surface area contributed by atoms with Crippen molar-refractivity contribution in [2.75, 3.05) is 6.54 Å². The highest BCUT2D eigenvalue weighted by Crippen LogP contribution is 2.29. The van der Waals surface area contributed by atoms with Gasteiger partial charge in [0.2, 0.25) is 0 Å². The SMILES string of the molecule is CC(C)(C)c1ccc(C(=O)C=C(C(=O)c2ccc(C(=O)NC[C@@H](O)C(=O)O)cc2)c2ccc3c(c2)CCC3)cc1. The Bertz CT molecular complexity index is 1480. The molecule has 7 nitrogen and oxygen atoms in total. The number of carbonyl (C=O) groups is 4. The van der Waals surface area contributed by atoms with E-state index >= 15 is 0 Å². The Kier molecular flexibility index (Phi) is 8.45. The molecule has 1 aliphatic carbocycles. The van der Waals surface area contributed by atoms with Gasteiger partial charge in [0.15, 0.2) is 17.7 Å². The van der Waals surface area contributed by atoms with Crippen molar-refractivity contribution in [3.8, 4) is 0 Å². The monoisotopic (exact) mass is 539 g/mol. The van der Waals surface area contributed by atoms with Gasteiger partial charge >= 0.3 is 5.97 Å². The van der Waals surface area contributed by atoms with Crippen LogP contribution in [-0.2, 0) is 23.1 Å². The number of rotatable bonds is 9. The molecule has 3 aromatic rings. The minimum absolute atomic E-state index is 0.0535. The number of aliphatic carboxylic acids is 1. The Morgan fingerprint density at radius 1 is 0.825 bits per heavy atom. The van der Waals surface area contributed by atoms with E-state index in [0.29, 0.717) is 16.7 Å². The Hall–Kier alpha value is -4.36. The lowest BCUT2D eigenvalue weighted by atomic mass is 9.86. The van der Waals surface area contributed by atoms with Gasteiger partial charge in [-0.1, -0.05) is 75.4 Å². The molecule has 0 saturated heterocycles. The van der Waals surface area contributed by atoms with Crippen molar-refractivity contribution in [1.29, 1.82) is 0 Å². The fraction of sp³-hybridized carbons (Fsp3) is 0.273. The van der Waals surface area contributed by atoms with Gasteiger partial charge in [-0.05, 0) is 65.1 Å². The molecule has 0 radical (unpaired) electrons. The van der Waals surface area contributed by atoms with Crippen molar-refractivity contribution in [3.63, 3.8) is 0 Å². The molecule has 0 heterocycles.